The second-order valence-electron chi connectivity index (χ2n) is 8.06. The van der Waals surface area contributed by atoms with Crippen molar-refractivity contribution < 1.29 is 0 Å². The molecule has 0 atom stereocenters. The summed E-state index contributed by atoms with van der Waals surface area (Å²) in [4.78, 5) is 2.29. The smallest absolute Gasteiger partial charge is 0.0696 e. The van der Waals surface area contributed by atoms with E-state index in [9.17, 15) is 0 Å². The van der Waals surface area contributed by atoms with Crippen LogP contribution in [0.1, 0.15) is 5.56 Å². The first-order valence-electron chi connectivity index (χ1n) is 11.2. The number of rotatable bonds is 6. The minimum atomic E-state index is 1.05. The molecular weight excluding hydrogens is 400 g/mol. The lowest BCUT2D eigenvalue weighted by atomic mass is 10.0. The number of hydrogen-bond acceptors (Lipinski definition) is 2. The highest BCUT2D eigenvalue weighted by Gasteiger charge is 2.16. The normalized spacial score (nSPS) is 10.6. The van der Waals surface area contributed by atoms with Crippen LogP contribution in [0.5, 0.6) is 0 Å². The maximum absolute atomic E-state index is 3.74. The Balaban J connectivity index is 1.61. The lowest BCUT2D eigenvalue weighted by molar-refractivity contribution is 1.28. The van der Waals surface area contributed by atoms with Crippen molar-refractivity contribution in [2.75, 3.05) is 10.2 Å². The molecule has 160 valence electrons. The van der Waals surface area contributed by atoms with Gasteiger partial charge in [0.25, 0.3) is 0 Å². The van der Waals surface area contributed by atoms with Gasteiger partial charge in [0, 0.05) is 22.6 Å². The average Bonchev–Trinajstić information content (AvgIpc) is 2.87. The molecule has 0 amide bonds. The zero-order valence-corrected chi connectivity index (χ0v) is 18.6. The summed E-state index contributed by atoms with van der Waals surface area (Å²) in [5.41, 5.74) is 9.09. The van der Waals surface area contributed by atoms with Crippen LogP contribution in [0.3, 0.4) is 0 Å². The van der Waals surface area contributed by atoms with Gasteiger partial charge in [-0.3, -0.25) is 0 Å². The molecule has 0 aliphatic heterocycles. The Kier molecular flexibility index (Phi) is 5.90. The maximum Gasteiger partial charge on any atom is 0.0696 e. The van der Waals surface area contributed by atoms with Crippen molar-refractivity contribution in [1.82, 2.24) is 0 Å². The van der Waals surface area contributed by atoms with Crippen molar-refractivity contribution in [2.24, 2.45) is 0 Å². The van der Waals surface area contributed by atoms with E-state index >= 15 is 0 Å². The van der Waals surface area contributed by atoms with E-state index in [0.29, 0.717) is 0 Å². The van der Waals surface area contributed by atoms with E-state index < -0.39 is 0 Å². The van der Waals surface area contributed by atoms with Crippen LogP contribution in [0.2, 0.25) is 0 Å². The predicted molar refractivity (Wildman–Crippen MR) is 141 cm³/mol. The van der Waals surface area contributed by atoms with Gasteiger partial charge in [-0.25, -0.2) is 0 Å². The summed E-state index contributed by atoms with van der Waals surface area (Å²) >= 11 is 0. The molecular formula is C31H26N2. The van der Waals surface area contributed by atoms with E-state index in [1.807, 2.05) is 0 Å². The number of nitrogens with one attached hydrogen (secondary N) is 1. The molecule has 0 saturated heterocycles. The highest BCUT2D eigenvalue weighted by Crippen LogP contribution is 2.40. The fraction of sp³-hybridized carbons (Fsp3) is 0.0323. The molecule has 2 nitrogen and oxygen atoms in total. The molecule has 0 heterocycles. The SMILES string of the molecule is Cc1cccc(-c2ccccc2Nc2ccccc2N(c2ccccc2)c2ccccc2)c1. The molecule has 1 N–H and O–H groups in total. The highest BCUT2D eigenvalue weighted by atomic mass is 15.2. The minimum absolute atomic E-state index is 1.05. The van der Waals surface area contributed by atoms with Crippen molar-refractivity contribution in [3.05, 3.63) is 139 Å². The number of para-hydroxylation sites is 5. The summed E-state index contributed by atoms with van der Waals surface area (Å²) in [5.74, 6) is 0. The van der Waals surface area contributed by atoms with E-state index in [0.717, 1.165) is 28.4 Å². The molecule has 0 saturated carbocycles. The van der Waals surface area contributed by atoms with Crippen LogP contribution in [-0.4, -0.2) is 0 Å². The Labute approximate surface area is 195 Å². The number of benzene rings is 5. The summed E-state index contributed by atoms with van der Waals surface area (Å²) in [6, 6.07) is 46.6. The topological polar surface area (TPSA) is 15.3 Å². The maximum atomic E-state index is 3.74. The van der Waals surface area contributed by atoms with Crippen LogP contribution in [-0.2, 0) is 0 Å². The van der Waals surface area contributed by atoms with E-state index in [4.69, 9.17) is 0 Å². The van der Waals surface area contributed by atoms with Gasteiger partial charge in [0.15, 0.2) is 0 Å². The summed E-state index contributed by atoms with van der Waals surface area (Å²) in [7, 11) is 0. The summed E-state index contributed by atoms with van der Waals surface area (Å²) in [6.45, 7) is 2.13. The highest BCUT2D eigenvalue weighted by molar-refractivity contribution is 5.89. The third-order valence-electron chi connectivity index (χ3n) is 5.70. The van der Waals surface area contributed by atoms with Crippen molar-refractivity contribution in [1.29, 1.82) is 0 Å². The van der Waals surface area contributed by atoms with E-state index in [2.05, 4.69) is 151 Å². The molecule has 5 aromatic carbocycles. The molecule has 0 spiro atoms. The van der Waals surface area contributed by atoms with E-state index in [-0.39, 0.29) is 0 Å². The number of anilines is 5. The summed E-state index contributed by atoms with van der Waals surface area (Å²) in [6.07, 6.45) is 0. The Morgan fingerprint density at radius 1 is 0.515 bits per heavy atom. The van der Waals surface area contributed by atoms with Crippen molar-refractivity contribution in [3.63, 3.8) is 0 Å². The van der Waals surface area contributed by atoms with Crippen molar-refractivity contribution >= 4 is 28.4 Å². The first-order chi connectivity index (χ1) is 16.3. The van der Waals surface area contributed by atoms with Gasteiger partial charge in [-0.15, -0.1) is 0 Å². The first kappa shape index (κ1) is 20.6. The van der Waals surface area contributed by atoms with Gasteiger partial charge < -0.3 is 10.2 Å². The third kappa shape index (κ3) is 4.51. The second kappa shape index (κ2) is 9.46. The second-order valence-corrected chi connectivity index (χ2v) is 8.06. The van der Waals surface area contributed by atoms with Gasteiger partial charge in [-0.05, 0) is 55.0 Å². The molecule has 5 aromatic rings. The lowest BCUT2D eigenvalue weighted by Gasteiger charge is -2.28. The van der Waals surface area contributed by atoms with Gasteiger partial charge in [-0.1, -0.05) is 96.6 Å². The van der Waals surface area contributed by atoms with Crippen LogP contribution < -0.4 is 10.2 Å². The molecule has 0 aromatic heterocycles. The van der Waals surface area contributed by atoms with Gasteiger partial charge >= 0.3 is 0 Å². The van der Waals surface area contributed by atoms with Crippen LogP contribution in [0.25, 0.3) is 11.1 Å². The molecule has 0 radical (unpaired) electrons. The monoisotopic (exact) mass is 426 g/mol. The fourth-order valence-electron chi connectivity index (χ4n) is 4.16. The van der Waals surface area contributed by atoms with Crippen LogP contribution in [0.4, 0.5) is 28.4 Å². The minimum Gasteiger partial charge on any atom is -0.353 e. The average molecular weight is 427 g/mol. The van der Waals surface area contributed by atoms with Gasteiger partial charge in [0.05, 0.1) is 11.4 Å². The molecule has 5 rings (SSSR count). The van der Waals surface area contributed by atoms with Gasteiger partial charge in [-0.2, -0.15) is 0 Å². The van der Waals surface area contributed by atoms with Gasteiger partial charge in [0.1, 0.15) is 0 Å². The molecule has 0 bridgehead atoms. The fourth-order valence-corrected chi connectivity index (χ4v) is 4.16. The summed E-state index contributed by atoms with van der Waals surface area (Å²) in [5, 5.41) is 3.74. The van der Waals surface area contributed by atoms with Crippen LogP contribution in [0.15, 0.2) is 133 Å². The molecule has 0 aliphatic rings. The van der Waals surface area contributed by atoms with E-state index in [1.54, 1.807) is 0 Å². The molecule has 33 heavy (non-hydrogen) atoms. The third-order valence-corrected chi connectivity index (χ3v) is 5.70. The Bertz CT molecular complexity index is 1300. The standard InChI is InChI=1S/C31H26N2/c1-24-13-12-14-25(23-24)28-19-8-9-20-29(28)32-30-21-10-11-22-31(30)33(26-15-4-2-5-16-26)27-17-6-3-7-18-27/h2-23,32H,1H3. The van der Waals surface area contributed by atoms with Crippen molar-refractivity contribution in [3.8, 4) is 11.1 Å². The quantitative estimate of drug-likeness (QED) is 0.292. The molecule has 0 fully saturated rings. The number of hydrogen-bond donors (Lipinski definition) is 1. The lowest BCUT2D eigenvalue weighted by Crippen LogP contribution is -2.11. The molecule has 0 aliphatic carbocycles. The van der Waals surface area contributed by atoms with Gasteiger partial charge in [0.2, 0.25) is 0 Å². The van der Waals surface area contributed by atoms with E-state index in [1.165, 1.54) is 16.7 Å². The summed E-state index contributed by atoms with van der Waals surface area (Å²) < 4.78 is 0. The Hall–Kier alpha value is -4.30. The first-order valence-corrected chi connectivity index (χ1v) is 11.2. The number of aryl methyl sites for hydroxylation is 1. The molecule has 0 unspecified atom stereocenters. The Morgan fingerprint density at radius 2 is 1.09 bits per heavy atom. The Morgan fingerprint density at radius 3 is 1.76 bits per heavy atom. The molecule has 2 heteroatoms. The zero-order valence-electron chi connectivity index (χ0n) is 18.6. The zero-order chi connectivity index (χ0) is 22.5. The number of nitrogens with zero attached hydrogens (tertiary/aromatic N) is 1. The van der Waals surface area contributed by atoms with Crippen molar-refractivity contribution in [2.45, 2.75) is 6.92 Å². The predicted octanol–water partition coefficient (Wildman–Crippen LogP) is 8.88. The largest absolute Gasteiger partial charge is 0.353 e. The van der Waals surface area contributed by atoms with Crippen LogP contribution >= 0.6 is 0 Å². The van der Waals surface area contributed by atoms with Crippen LogP contribution in [0, 0.1) is 6.92 Å².